The minimum atomic E-state index is -1.13. The summed E-state index contributed by atoms with van der Waals surface area (Å²) in [7, 11) is 0. The molecule has 128 valence electrons. The van der Waals surface area contributed by atoms with Crippen molar-refractivity contribution >= 4 is 28.6 Å². The van der Waals surface area contributed by atoms with Gasteiger partial charge < -0.3 is 18.9 Å². The first kappa shape index (κ1) is 17.1. The molecule has 0 aromatic carbocycles. The fourth-order valence-corrected chi connectivity index (χ4v) is 3.76. The molecule has 2 aliphatic rings. The monoisotopic (exact) mass is 359 g/mol. The highest BCUT2D eigenvalue weighted by Crippen LogP contribution is 2.46. The van der Waals surface area contributed by atoms with E-state index in [9.17, 15) is 4.55 Å². The van der Waals surface area contributed by atoms with Gasteiger partial charge in [-0.15, -0.1) is 0 Å². The van der Waals surface area contributed by atoms with Gasteiger partial charge in [-0.05, 0) is 50.5 Å². The minimum Gasteiger partial charge on any atom is -0.616 e. The molecule has 0 spiro atoms. The van der Waals surface area contributed by atoms with Crippen LogP contribution in [0, 0.1) is 0 Å². The Morgan fingerprint density at radius 1 is 1.39 bits per heavy atom. The summed E-state index contributed by atoms with van der Waals surface area (Å²) in [6.45, 7) is 9.58. The average molecular weight is 360 g/mol. The van der Waals surface area contributed by atoms with E-state index in [-0.39, 0.29) is 16.9 Å². The van der Waals surface area contributed by atoms with E-state index < -0.39 is 15.9 Å². The maximum Gasteiger partial charge on any atom is 0.225 e. The molecule has 0 aliphatic carbocycles. The number of fused-ring (bicyclic) bond motifs is 3. The molecule has 1 aromatic heterocycles. The Labute approximate surface area is 144 Å². The van der Waals surface area contributed by atoms with Crippen LogP contribution in [0.5, 0.6) is 5.75 Å². The first-order valence-electron chi connectivity index (χ1n) is 7.58. The van der Waals surface area contributed by atoms with Crippen LogP contribution in [0.1, 0.15) is 33.4 Å². The minimum absolute atomic E-state index is 0.142. The van der Waals surface area contributed by atoms with Crippen molar-refractivity contribution in [3.05, 3.63) is 11.0 Å². The van der Waals surface area contributed by atoms with Gasteiger partial charge in [-0.1, -0.05) is 0 Å². The number of hydrogen-bond acceptors (Lipinski definition) is 6. The lowest BCUT2D eigenvalue weighted by atomic mass is 9.95. The number of halogens is 1. The van der Waals surface area contributed by atoms with E-state index in [1.54, 1.807) is 6.26 Å². The van der Waals surface area contributed by atoms with E-state index >= 15 is 0 Å². The third-order valence-corrected chi connectivity index (χ3v) is 6.46. The summed E-state index contributed by atoms with van der Waals surface area (Å²) >= 11 is 5.05. The van der Waals surface area contributed by atoms with Gasteiger partial charge in [0.2, 0.25) is 5.28 Å². The normalized spacial score (nSPS) is 28.7. The lowest BCUT2D eigenvalue weighted by Crippen LogP contribution is -2.64. The van der Waals surface area contributed by atoms with Crippen molar-refractivity contribution in [1.29, 1.82) is 0 Å². The fraction of sp³-hybridized carbons (Fsp3) is 0.733. The molecular weight excluding hydrogens is 338 g/mol. The highest BCUT2D eigenvalue weighted by Gasteiger charge is 2.48. The number of anilines is 1. The SMILES string of the molecule is C[C@@H]1COCC2(C)COc3c(nc(Cl)nc3C(C)(C)[S+](C)[O-])N12. The van der Waals surface area contributed by atoms with E-state index in [4.69, 9.17) is 21.1 Å². The zero-order chi connectivity index (χ0) is 17.0. The molecule has 2 unspecified atom stereocenters. The molecule has 1 saturated heterocycles. The molecule has 3 atom stereocenters. The van der Waals surface area contributed by atoms with Crippen molar-refractivity contribution in [2.24, 2.45) is 0 Å². The molecule has 0 N–H and O–H groups in total. The average Bonchev–Trinajstić information content (AvgIpc) is 2.45. The van der Waals surface area contributed by atoms with Crippen molar-refractivity contribution in [2.45, 2.75) is 44.0 Å². The van der Waals surface area contributed by atoms with E-state index in [0.717, 1.165) is 0 Å². The summed E-state index contributed by atoms with van der Waals surface area (Å²) in [6, 6.07) is 0.144. The summed E-state index contributed by atoms with van der Waals surface area (Å²) in [5, 5.41) is 0.142. The summed E-state index contributed by atoms with van der Waals surface area (Å²) in [4.78, 5) is 11.0. The van der Waals surface area contributed by atoms with Crippen LogP contribution in [0.15, 0.2) is 0 Å². The third kappa shape index (κ3) is 2.67. The van der Waals surface area contributed by atoms with Gasteiger partial charge in [0.1, 0.15) is 12.3 Å². The Morgan fingerprint density at radius 3 is 2.74 bits per heavy atom. The number of rotatable bonds is 2. The van der Waals surface area contributed by atoms with Crippen molar-refractivity contribution in [2.75, 3.05) is 31.0 Å². The molecule has 1 fully saturated rings. The van der Waals surface area contributed by atoms with E-state index in [1.807, 2.05) is 13.8 Å². The van der Waals surface area contributed by atoms with E-state index in [2.05, 4.69) is 28.7 Å². The molecule has 0 radical (unpaired) electrons. The lowest BCUT2D eigenvalue weighted by molar-refractivity contribution is 0.00702. The second-order valence-corrected chi connectivity index (χ2v) is 9.25. The van der Waals surface area contributed by atoms with Crippen LogP contribution in [-0.4, -0.2) is 52.2 Å². The van der Waals surface area contributed by atoms with Gasteiger partial charge in [0.05, 0.1) is 31.1 Å². The van der Waals surface area contributed by atoms with Crippen LogP contribution in [0.4, 0.5) is 5.82 Å². The molecule has 23 heavy (non-hydrogen) atoms. The maximum atomic E-state index is 12.2. The number of ether oxygens (including phenoxy) is 2. The maximum absolute atomic E-state index is 12.2. The van der Waals surface area contributed by atoms with Crippen LogP contribution in [0.2, 0.25) is 5.28 Å². The van der Waals surface area contributed by atoms with Crippen molar-refractivity contribution in [3.8, 4) is 5.75 Å². The highest BCUT2D eigenvalue weighted by atomic mass is 35.5. The fourth-order valence-electron chi connectivity index (χ4n) is 3.18. The second kappa shape index (κ2) is 5.65. The van der Waals surface area contributed by atoms with Gasteiger partial charge in [0, 0.05) is 0 Å². The third-order valence-electron chi connectivity index (χ3n) is 4.66. The van der Waals surface area contributed by atoms with Gasteiger partial charge in [0.25, 0.3) is 0 Å². The number of morpholine rings is 1. The molecule has 0 amide bonds. The Hall–Kier alpha value is -0.760. The Kier molecular flexibility index (Phi) is 4.20. The number of aromatic nitrogens is 2. The number of nitrogens with zero attached hydrogens (tertiary/aromatic N) is 3. The topological polar surface area (TPSA) is 70.5 Å². The van der Waals surface area contributed by atoms with E-state index in [0.29, 0.717) is 37.1 Å². The smallest absolute Gasteiger partial charge is 0.225 e. The van der Waals surface area contributed by atoms with Gasteiger partial charge in [-0.25, -0.2) is 4.98 Å². The number of hydrogen-bond donors (Lipinski definition) is 0. The summed E-state index contributed by atoms with van der Waals surface area (Å²) in [5.41, 5.74) is 0.295. The van der Waals surface area contributed by atoms with Crippen LogP contribution < -0.4 is 9.64 Å². The van der Waals surface area contributed by atoms with Crippen molar-refractivity contribution < 1.29 is 14.0 Å². The first-order valence-corrected chi connectivity index (χ1v) is 9.52. The van der Waals surface area contributed by atoms with Gasteiger partial charge in [-0.2, -0.15) is 4.98 Å². The zero-order valence-corrected chi connectivity index (χ0v) is 15.6. The molecule has 1 aromatic rings. The molecule has 0 saturated carbocycles. The van der Waals surface area contributed by atoms with Crippen LogP contribution in [-0.2, 0) is 20.7 Å². The molecular formula is C15H22ClN3O3S. The van der Waals surface area contributed by atoms with Gasteiger partial charge >= 0.3 is 0 Å². The zero-order valence-electron chi connectivity index (χ0n) is 14.1. The predicted molar refractivity (Wildman–Crippen MR) is 90.8 cm³/mol. The van der Waals surface area contributed by atoms with Crippen LogP contribution >= 0.6 is 11.6 Å². The Morgan fingerprint density at radius 2 is 2.09 bits per heavy atom. The lowest BCUT2D eigenvalue weighted by Gasteiger charge is -2.51. The van der Waals surface area contributed by atoms with Gasteiger partial charge in [0.15, 0.2) is 16.3 Å². The first-order chi connectivity index (χ1) is 10.7. The molecule has 3 heterocycles. The van der Waals surface area contributed by atoms with Crippen LogP contribution in [0.25, 0.3) is 0 Å². The second-order valence-electron chi connectivity index (χ2n) is 6.98. The molecule has 6 nitrogen and oxygen atoms in total. The molecule has 2 aliphatic heterocycles. The Bertz CT molecular complexity index is 628. The summed E-state index contributed by atoms with van der Waals surface area (Å²) < 4.78 is 23.2. The van der Waals surface area contributed by atoms with E-state index in [1.165, 1.54) is 0 Å². The summed E-state index contributed by atoms with van der Waals surface area (Å²) in [6.07, 6.45) is 1.66. The summed E-state index contributed by atoms with van der Waals surface area (Å²) in [5.74, 6) is 1.25. The molecule has 8 heteroatoms. The van der Waals surface area contributed by atoms with Gasteiger partial charge in [-0.3, -0.25) is 0 Å². The Balaban J connectivity index is 2.18. The van der Waals surface area contributed by atoms with Crippen molar-refractivity contribution in [1.82, 2.24) is 9.97 Å². The largest absolute Gasteiger partial charge is 0.616 e. The predicted octanol–water partition coefficient (Wildman–Crippen LogP) is 2.12. The van der Waals surface area contributed by atoms with Crippen LogP contribution in [0.3, 0.4) is 0 Å². The highest BCUT2D eigenvalue weighted by molar-refractivity contribution is 7.91. The van der Waals surface area contributed by atoms with Crippen molar-refractivity contribution in [3.63, 3.8) is 0 Å². The standard InChI is InChI=1S/C15H22ClN3O3S/c1-9-6-21-7-15(4)8-22-10-11(14(2,3)23(5)20)17-13(16)18-12(10)19(9)15/h9H,6-8H2,1-5H3/t9-,15?,23?/m1/s1. The molecule has 0 bridgehead atoms. The molecule has 3 rings (SSSR count). The quantitative estimate of drug-likeness (QED) is 0.595.